The number of nitrogens with zero attached hydrogens (tertiary/aromatic N) is 1. The molecule has 0 saturated carbocycles. The maximum absolute atomic E-state index is 10.3. The first kappa shape index (κ1) is 45.1. The lowest BCUT2D eigenvalue weighted by molar-refractivity contribution is -0.118. The Labute approximate surface area is 107 Å². The number of hydrogen-bond donors (Lipinski definition) is 2. The van der Waals surface area contributed by atoms with E-state index in [-0.39, 0.29) is 52.6 Å². The van der Waals surface area contributed by atoms with Crippen molar-refractivity contribution in [3.63, 3.8) is 0 Å². The van der Waals surface area contributed by atoms with Crippen LogP contribution in [0.3, 0.4) is 0 Å². The Balaban J connectivity index is -0.0000000270. The molecule has 0 aliphatic heterocycles. The average molecular weight is 288 g/mol. The first-order valence-corrected chi connectivity index (χ1v) is 3.15. The number of primary amides is 1. The van der Waals surface area contributed by atoms with Gasteiger partial charge in [0.05, 0.1) is 5.54 Å². The van der Waals surface area contributed by atoms with Crippen molar-refractivity contribution in [1.82, 2.24) is 0 Å². The van der Waals surface area contributed by atoms with Crippen LogP contribution >= 0.6 is 24.8 Å². The Bertz CT molecular complexity index is 159. The lowest BCUT2D eigenvalue weighted by Crippen LogP contribution is -2.20. The Hall–Kier alpha value is -0.510. The number of nitrogens with two attached hydrogens (primary N) is 1. The fraction of sp³-hybridized carbons (Fsp3) is 0.833. The SMILES string of the molecule is CC(C)(CCC(N)=O)N=N.Cl.Cl.O.O.O.O. The molecule has 0 radical (unpaired) electrons. The van der Waals surface area contributed by atoms with Gasteiger partial charge < -0.3 is 27.6 Å². The third-order valence-corrected chi connectivity index (χ3v) is 1.29. The number of hydrogen-bond acceptors (Lipinski definition) is 3. The number of amides is 1. The van der Waals surface area contributed by atoms with Gasteiger partial charge in [-0.2, -0.15) is 5.11 Å². The second-order valence-corrected chi connectivity index (χ2v) is 2.89. The van der Waals surface area contributed by atoms with Crippen LogP contribution < -0.4 is 5.73 Å². The number of carbonyl (C=O) groups is 1. The summed E-state index contributed by atoms with van der Waals surface area (Å²) in [6, 6.07) is 0. The van der Waals surface area contributed by atoms with E-state index in [2.05, 4.69) is 5.11 Å². The highest BCUT2D eigenvalue weighted by molar-refractivity contribution is 5.85. The molecule has 0 spiro atoms. The Morgan fingerprint density at radius 2 is 1.50 bits per heavy atom. The molecule has 0 bridgehead atoms. The molecule has 1 amide bonds. The molecule has 0 unspecified atom stereocenters. The van der Waals surface area contributed by atoms with Gasteiger partial charge in [-0.25, -0.2) is 5.53 Å². The lowest BCUT2D eigenvalue weighted by Gasteiger charge is -2.14. The minimum absolute atomic E-state index is 0. The molecule has 0 rings (SSSR count). The van der Waals surface area contributed by atoms with Gasteiger partial charge >= 0.3 is 0 Å². The van der Waals surface area contributed by atoms with E-state index in [9.17, 15) is 4.79 Å². The van der Waals surface area contributed by atoms with Crippen molar-refractivity contribution in [3.05, 3.63) is 0 Å². The largest absolute Gasteiger partial charge is 0.412 e. The molecule has 106 valence electrons. The summed E-state index contributed by atoms with van der Waals surface area (Å²) in [4.78, 5) is 10.3. The second-order valence-electron chi connectivity index (χ2n) is 2.89. The Morgan fingerprint density at radius 1 is 1.19 bits per heavy atom. The van der Waals surface area contributed by atoms with E-state index in [0.717, 1.165) is 0 Å². The zero-order valence-electron chi connectivity index (χ0n) is 9.16. The summed E-state index contributed by atoms with van der Waals surface area (Å²) in [6.07, 6.45) is 0.848. The van der Waals surface area contributed by atoms with Crippen molar-refractivity contribution < 1.29 is 26.7 Å². The van der Waals surface area contributed by atoms with Crippen LogP contribution in [0.5, 0.6) is 0 Å². The van der Waals surface area contributed by atoms with Crippen LogP contribution in [-0.4, -0.2) is 33.4 Å². The molecular formula is C6H23Cl2N3O5. The molecule has 0 aromatic rings. The normalized spacial score (nSPS) is 6.88. The molecule has 0 atom stereocenters. The van der Waals surface area contributed by atoms with Gasteiger partial charge in [-0.3, -0.25) is 4.79 Å². The zero-order chi connectivity index (χ0) is 8.20. The van der Waals surface area contributed by atoms with Crippen LogP contribution in [0, 0.1) is 5.53 Å². The highest BCUT2D eigenvalue weighted by Gasteiger charge is 2.16. The third-order valence-electron chi connectivity index (χ3n) is 1.29. The third kappa shape index (κ3) is 29.2. The molecule has 0 heterocycles. The number of halogens is 2. The van der Waals surface area contributed by atoms with Gasteiger partial charge in [0.2, 0.25) is 5.91 Å². The standard InChI is InChI=1S/C6H13N3O.2ClH.4H2O/c1-6(2,9-8)4-3-5(7)10;;;;;;/h8H,3-4H2,1-2H3,(H2,7,10);2*1H;4*1H2. The predicted molar refractivity (Wildman–Crippen MR) is 66.6 cm³/mol. The fourth-order valence-electron chi connectivity index (χ4n) is 0.485. The summed E-state index contributed by atoms with van der Waals surface area (Å²) in [5.41, 5.74) is 11.2. The van der Waals surface area contributed by atoms with Crippen LogP contribution in [0.1, 0.15) is 26.7 Å². The smallest absolute Gasteiger partial charge is 0.217 e. The molecular weight excluding hydrogens is 265 g/mol. The highest BCUT2D eigenvalue weighted by Crippen LogP contribution is 2.14. The summed E-state index contributed by atoms with van der Waals surface area (Å²) < 4.78 is 0. The zero-order valence-corrected chi connectivity index (χ0v) is 10.8. The van der Waals surface area contributed by atoms with Gasteiger partial charge in [0.15, 0.2) is 0 Å². The Morgan fingerprint density at radius 3 is 1.69 bits per heavy atom. The summed E-state index contributed by atoms with van der Waals surface area (Å²) in [5.74, 6) is -0.336. The van der Waals surface area contributed by atoms with Crippen molar-refractivity contribution in [3.8, 4) is 0 Å². The molecule has 0 fully saturated rings. The van der Waals surface area contributed by atoms with Crippen LogP contribution in [0.25, 0.3) is 0 Å². The maximum Gasteiger partial charge on any atom is 0.217 e. The summed E-state index contributed by atoms with van der Waals surface area (Å²) in [7, 11) is 0. The molecule has 0 saturated heterocycles. The molecule has 16 heavy (non-hydrogen) atoms. The van der Waals surface area contributed by atoms with Gasteiger partial charge in [0, 0.05) is 6.42 Å². The molecule has 8 nitrogen and oxygen atoms in total. The average Bonchev–Trinajstić information content (AvgIpc) is 1.85. The van der Waals surface area contributed by atoms with Crippen molar-refractivity contribution in [2.75, 3.05) is 0 Å². The lowest BCUT2D eigenvalue weighted by atomic mass is 10.00. The van der Waals surface area contributed by atoms with E-state index in [0.29, 0.717) is 12.8 Å². The Kier molecular flexibility index (Phi) is 56.3. The minimum atomic E-state index is -0.435. The van der Waals surface area contributed by atoms with E-state index < -0.39 is 5.54 Å². The summed E-state index contributed by atoms with van der Waals surface area (Å²) >= 11 is 0. The van der Waals surface area contributed by atoms with E-state index in [1.807, 2.05) is 0 Å². The van der Waals surface area contributed by atoms with E-state index in [4.69, 9.17) is 11.3 Å². The molecule has 0 aromatic carbocycles. The topological polar surface area (TPSA) is 205 Å². The quantitative estimate of drug-likeness (QED) is 0.588. The fourth-order valence-corrected chi connectivity index (χ4v) is 0.485. The summed E-state index contributed by atoms with van der Waals surface area (Å²) in [6.45, 7) is 3.59. The molecule has 0 aliphatic carbocycles. The van der Waals surface area contributed by atoms with Gasteiger partial charge in [-0.1, -0.05) is 0 Å². The number of carbonyl (C=O) groups excluding carboxylic acids is 1. The van der Waals surface area contributed by atoms with Crippen LogP contribution in [0.2, 0.25) is 0 Å². The summed E-state index contributed by atoms with van der Waals surface area (Å²) in [5, 5.41) is 3.33. The number of rotatable bonds is 4. The van der Waals surface area contributed by atoms with Crippen molar-refractivity contribution in [2.45, 2.75) is 32.2 Å². The van der Waals surface area contributed by atoms with Gasteiger partial charge in [-0.15, -0.1) is 24.8 Å². The van der Waals surface area contributed by atoms with Crippen LogP contribution in [0.4, 0.5) is 0 Å². The van der Waals surface area contributed by atoms with Crippen molar-refractivity contribution in [2.24, 2.45) is 10.8 Å². The van der Waals surface area contributed by atoms with Gasteiger partial charge in [0.1, 0.15) is 0 Å². The van der Waals surface area contributed by atoms with Gasteiger partial charge in [-0.05, 0) is 20.3 Å². The van der Waals surface area contributed by atoms with Crippen LogP contribution in [0.15, 0.2) is 5.11 Å². The first-order chi connectivity index (χ1) is 4.48. The van der Waals surface area contributed by atoms with Crippen molar-refractivity contribution >= 4 is 30.7 Å². The van der Waals surface area contributed by atoms with Crippen LogP contribution in [-0.2, 0) is 4.79 Å². The highest BCUT2D eigenvalue weighted by atomic mass is 35.5. The molecule has 0 aliphatic rings. The van der Waals surface area contributed by atoms with Crippen molar-refractivity contribution in [1.29, 1.82) is 5.53 Å². The van der Waals surface area contributed by atoms with Gasteiger partial charge in [0.25, 0.3) is 0 Å². The molecule has 11 N–H and O–H groups in total. The number of nitrogens with one attached hydrogen (secondary N) is 1. The first-order valence-electron chi connectivity index (χ1n) is 3.15. The monoisotopic (exact) mass is 287 g/mol. The minimum Gasteiger partial charge on any atom is -0.412 e. The molecule has 10 heteroatoms. The van der Waals surface area contributed by atoms with E-state index >= 15 is 0 Å². The second kappa shape index (κ2) is 20.0. The van der Waals surface area contributed by atoms with E-state index in [1.165, 1.54) is 0 Å². The van der Waals surface area contributed by atoms with E-state index in [1.54, 1.807) is 13.8 Å². The predicted octanol–water partition coefficient (Wildman–Crippen LogP) is -1.39. The maximum atomic E-state index is 10.3. The molecule has 0 aromatic heterocycles.